The zero-order chi connectivity index (χ0) is 15.5. The van der Waals surface area contributed by atoms with Crippen LogP contribution in [-0.4, -0.2) is 30.0 Å². The van der Waals surface area contributed by atoms with Crippen LogP contribution >= 0.6 is 0 Å². The lowest BCUT2D eigenvalue weighted by Crippen LogP contribution is -2.44. The molecule has 0 saturated carbocycles. The first-order valence-electron chi connectivity index (χ1n) is 6.93. The smallest absolute Gasteiger partial charge is 0.349 e. The lowest BCUT2D eigenvalue weighted by Gasteiger charge is -2.28. The quantitative estimate of drug-likeness (QED) is 0.900. The number of hydrogen-bond donors (Lipinski definition) is 2. The molecule has 1 saturated heterocycles. The van der Waals surface area contributed by atoms with Gasteiger partial charge in [0.25, 0.3) is 5.91 Å². The Morgan fingerprint density at radius 3 is 2.76 bits per heavy atom. The monoisotopic (exact) mass is 301 g/mol. The predicted molar refractivity (Wildman–Crippen MR) is 71.8 cm³/mol. The van der Waals surface area contributed by atoms with E-state index in [9.17, 15) is 18.0 Å². The van der Waals surface area contributed by atoms with Crippen LogP contribution in [0.15, 0.2) is 18.3 Å². The molecule has 2 rings (SSSR count). The Kier molecular flexibility index (Phi) is 4.82. The fourth-order valence-corrected chi connectivity index (χ4v) is 2.41. The van der Waals surface area contributed by atoms with E-state index >= 15 is 0 Å². The van der Waals surface area contributed by atoms with Crippen LogP contribution in [0.25, 0.3) is 0 Å². The van der Waals surface area contributed by atoms with E-state index in [0.29, 0.717) is 5.92 Å². The van der Waals surface area contributed by atoms with Crippen molar-refractivity contribution in [3.8, 4) is 0 Å². The van der Waals surface area contributed by atoms with Crippen molar-refractivity contribution < 1.29 is 18.0 Å². The zero-order valence-electron chi connectivity index (χ0n) is 11.7. The van der Waals surface area contributed by atoms with Gasteiger partial charge in [-0.1, -0.05) is 0 Å². The Morgan fingerprint density at radius 1 is 1.48 bits per heavy atom. The summed E-state index contributed by atoms with van der Waals surface area (Å²) in [4.78, 5) is 15.3. The number of carbonyl (C=O) groups excluding carboxylic acids is 1. The summed E-state index contributed by atoms with van der Waals surface area (Å²) in [5.74, 6) is -0.0561. The van der Waals surface area contributed by atoms with Crippen LogP contribution in [0.4, 0.5) is 13.2 Å². The number of rotatable bonds is 3. The first kappa shape index (κ1) is 15.8. The molecule has 1 aromatic rings. The average molecular weight is 301 g/mol. The molecule has 7 heteroatoms. The number of nitrogens with zero attached hydrogens (tertiary/aromatic N) is 1. The number of alkyl halides is 3. The molecule has 0 aromatic carbocycles. The topological polar surface area (TPSA) is 54.0 Å². The van der Waals surface area contributed by atoms with Gasteiger partial charge in [0.1, 0.15) is 5.69 Å². The minimum atomic E-state index is -4.49. The Balaban J connectivity index is 1.96. The summed E-state index contributed by atoms with van der Waals surface area (Å²) in [7, 11) is 0. The van der Waals surface area contributed by atoms with Gasteiger partial charge in [0.15, 0.2) is 0 Å². The third-order valence-corrected chi connectivity index (χ3v) is 3.72. The molecule has 2 atom stereocenters. The highest BCUT2D eigenvalue weighted by molar-refractivity contribution is 5.94. The van der Waals surface area contributed by atoms with Crippen LogP contribution in [-0.2, 0) is 6.18 Å². The second-order valence-corrected chi connectivity index (χ2v) is 5.30. The molecule has 0 bridgehead atoms. The third kappa shape index (κ3) is 4.17. The van der Waals surface area contributed by atoms with Crippen molar-refractivity contribution in [1.29, 1.82) is 0 Å². The molecule has 1 aromatic heterocycles. The van der Waals surface area contributed by atoms with Crippen LogP contribution in [0.1, 0.15) is 35.8 Å². The van der Waals surface area contributed by atoms with Crippen molar-refractivity contribution in [2.75, 3.05) is 13.1 Å². The van der Waals surface area contributed by atoms with E-state index < -0.39 is 17.8 Å². The van der Waals surface area contributed by atoms with Crippen molar-refractivity contribution in [2.45, 2.75) is 32.0 Å². The molecule has 116 valence electrons. The van der Waals surface area contributed by atoms with Crippen molar-refractivity contribution in [2.24, 2.45) is 5.92 Å². The lowest BCUT2D eigenvalue weighted by atomic mass is 9.92. The average Bonchev–Trinajstić information content (AvgIpc) is 2.47. The molecule has 2 heterocycles. The van der Waals surface area contributed by atoms with E-state index in [4.69, 9.17) is 0 Å². The number of hydrogen-bond acceptors (Lipinski definition) is 3. The summed E-state index contributed by atoms with van der Waals surface area (Å²) >= 11 is 0. The maximum atomic E-state index is 12.4. The standard InChI is InChI=1S/C14H18F3N3O/c1-9(10-3-2-6-18-7-10)20-13(21)11-4-5-12(19-8-11)14(15,16)17/h4-5,8-10,18H,2-3,6-7H2,1H3,(H,20,21). The summed E-state index contributed by atoms with van der Waals surface area (Å²) in [5, 5.41) is 6.09. The van der Waals surface area contributed by atoms with Gasteiger partial charge in [-0.05, 0) is 50.9 Å². The van der Waals surface area contributed by atoms with Gasteiger partial charge in [0.05, 0.1) is 5.56 Å². The van der Waals surface area contributed by atoms with Crippen LogP contribution in [0.5, 0.6) is 0 Å². The second-order valence-electron chi connectivity index (χ2n) is 5.30. The lowest BCUT2D eigenvalue weighted by molar-refractivity contribution is -0.141. The molecule has 0 aliphatic carbocycles. The number of halogens is 3. The molecular weight excluding hydrogens is 283 g/mol. The Morgan fingerprint density at radius 2 is 2.24 bits per heavy atom. The van der Waals surface area contributed by atoms with E-state index in [-0.39, 0.29) is 11.6 Å². The largest absolute Gasteiger partial charge is 0.433 e. The molecule has 2 N–H and O–H groups in total. The fraction of sp³-hybridized carbons (Fsp3) is 0.571. The first-order chi connectivity index (χ1) is 9.88. The maximum Gasteiger partial charge on any atom is 0.433 e. The molecule has 1 fully saturated rings. The SMILES string of the molecule is CC(NC(=O)c1ccc(C(F)(F)F)nc1)C1CCCNC1. The van der Waals surface area contributed by atoms with E-state index in [0.717, 1.165) is 44.3 Å². The maximum absolute atomic E-state index is 12.4. The van der Waals surface area contributed by atoms with Gasteiger partial charge >= 0.3 is 6.18 Å². The number of piperidine rings is 1. The summed E-state index contributed by atoms with van der Waals surface area (Å²) in [6, 6.07) is 1.94. The Hall–Kier alpha value is -1.63. The highest BCUT2D eigenvalue weighted by Gasteiger charge is 2.32. The van der Waals surface area contributed by atoms with Gasteiger partial charge in [-0.2, -0.15) is 13.2 Å². The van der Waals surface area contributed by atoms with E-state index in [2.05, 4.69) is 15.6 Å². The summed E-state index contributed by atoms with van der Waals surface area (Å²) in [5.41, 5.74) is -0.859. The predicted octanol–water partition coefficient (Wildman–Crippen LogP) is 2.22. The second kappa shape index (κ2) is 6.43. The Bertz CT molecular complexity index is 481. The molecule has 21 heavy (non-hydrogen) atoms. The summed E-state index contributed by atoms with van der Waals surface area (Å²) in [6.07, 6.45) is -1.44. The summed E-state index contributed by atoms with van der Waals surface area (Å²) < 4.78 is 37.2. The minimum Gasteiger partial charge on any atom is -0.349 e. The van der Waals surface area contributed by atoms with Gasteiger partial charge < -0.3 is 10.6 Å². The Labute approximate surface area is 121 Å². The number of pyridine rings is 1. The molecular formula is C14H18F3N3O. The molecule has 1 amide bonds. The minimum absolute atomic E-state index is 0.0346. The molecule has 4 nitrogen and oxygen atoms in total. The van der Waals surface area contributed by atoms with Gasteiger partial charge in [-0.25, -0.2) is 0 Å². The van der Waals surface area contributed by atoms with Crippen molar-refractivity contribution in [3.05, 3.63) is 29.6 Å². The molecule has 1 aliphatic heterocycles. The van der Waals surface area contributed by atoms with Crippen LogP contribution in [0.3, 0.4) is 0 Å². The van der Waals surface area contributed by atoms with Gasteiger partial charge in [-0.3, -0.25) is 9.78 Å². The van der Waals surface area contributed by atoms with Gasteiger partial charge in [0, 0.05) is 12.2 Å². The van der Waals surface area contributed by atoms with E-state index in [1.165, 1.54) is 0 Å². The van der Waals surface area contributed by atoms with E-state index in [1.807, 2.05) is 6.92 Å². The van der Waals surface area contributed by atoms with Crippen LogP contribution < -0.4 is 10.6 Å². The molecule has 2 unspecified atom stereocenters. The number of aromatic nitrogens is 1. The van der Waals surface area contributed by atoms with Crippen molar-refractivity contribution >= 4 is 5.91 Å². The highest BCUT2D eigenvalue weighted by Crippen LogP contribution is 2.27. The number of amides is 1. The molecule has 0 spiro atoms. The fourth-order valence-electron chi connectivity index (χ4n) is 2.41. The summed E-state index contributed by atoms with van der Waals surface area (Å²) in [6.45, 7) is 3.74. The van der Waals surface area contributed by atoms with Crippen LogP contribution in [0, 0.1) is 5.92 Å². The van der Waals surface area contributed by atoms with Crippen molar-refractivity contribution in [3.63, 3.8) is 0 Å². The number of carbonyl (C=O) groups is 1. The molecule has 0 radical (unpaired) electrons. The highest BCUT2D eigenvalue weighted by atomic mass is 19.4. The first-order valence-corrected chi connectivity index (χ1v) is 6.93. The third-order valence-electron chi connectivity index (χ3n) is 3.72. The van der Waals surface area contributed by atoms with Crippen molar-refractivity contribution in [1.82, 2.24) is 15.6 Å². The van der Waals surface area contributed by atoms with Crippen LogP contribution in [0.2, 0.25) is 0 Å². The van der Waals surface area contributed by atoms with Gasteiger partial charge in [-0.15, -0.1) is 0 Å². The van der Waals surface area contributed by atoms with E-state index in [1.54, 1.807) is 0 Å². The molecule has 1 aliphatic rings. The zero-order valence-corrected chi connectivity index (χ0v) is 11.7. The number of nitrogens with one attached hydrogen (secondary N) is 2. The normalized spacial score (nSPS) is 20.9. The van der Waals surface area contributed by atoms with Gasteiger partial charge in [0.2, 0.25) is 0 Å².